The van der Waals surface area contributed by atoms with Crippen LogP contribution in [0, 0.1) is 0 Å². The highest BCUT2D eigenvalue weighted by molar-refractivity contribution is 7.10. The van der Waals surface area contributed by atoms with Crippen LogP contribution in [-0.4, -0.2) is 28.5 Å². The summed E-state index contributed by atoms with van der Waals surface area (Å²) in [5.41, 5.74) is 0.651. The lowest BCUT2D eigenvalue weighted by atomic mass is 10.3. The zero-order valence-corrected chi connectivity index (χ0v) is 10.7. The molecule has 0 unspecified atom stereocenters. The number of carbonyl (C=O) groups is 2. The second kappa shape index (κ2) is 5.91. The normalized spacial score (nSPS) is 9.74. The van der Waals surface area contributed by atoms with Gasteiger partial charge in [0.1, 0.15) is 0 Å². The summed E-state index contributed by atoms with van der Waals surface area (Å²) in [4.78, 5) is 26.6. The van der Waals surface area contributed by atoms with Crippen molar-refractivity contribution in [2.24, 2.45) is 0 Å². The van der Waals surface area contributed by atoms with Crippen LogP contribution in [-0.2, 0) is 4.74 Å². The van der Waals surface area contributed by atoms with Gasteiger partial charge in [-0.1, -0.05) is 18.2 Å². The SMILES string of the molecule is COC(=O)c1nsc(NC(=O)Nc2ccccc2)n1. The number of nitrogens with zero attached hydrogens (tertiary/aromatic N) is 2. The molecule has 0 aliphatic carbocycles. The average Bonchev–Trinajstić information content (AvgIpc) is 2.87. The lowest BCUT2D eigenvalue weighted by Crippen LogP contribution is -2.19. The monoisotopic (exact) mass is 278 g/mol. The van der Waals surface area contributed by atoms with E-state index in [1.807, 2.05) is 6.07 Å². The van der Waals surface area contributed by atoms with Crippen LogP contribution in [0.2, 0.25) is 0 Å². The van der Waals surface area contributed by atoms with E-state index in [1.54, 1.807) is 24.3 Å². The van der Waals surface area contributed by atoms with Crippen LogP contribution in [0.1, 0.15) is 10.6 Å². The lowest BCUT2D eigenvalue weighted by Gasteiger charge is -2.03. The van der Waals surface area contributed by atoms with Gasteiger partial charge in [-0.2, -0.15) is 9.36 Å². The van der Waals surface area contributed by atoms with E-state index in [0.717, 1.165) is 11.5 Å². The Bertz CT molecular complexity index is 585. The molecule has 0 radical (unpaired) electrons. The summed E-state index contributed by atoms with van der Waals surface area (Å²) >= 11 is 0.898. The van der Waals surface area contributed by atoms with E-state index in [4.69, 9.17) is 0 Å². The number of methoxy groups -OCH3 is 1. The van der Waals surface area contributed by atoms with Gasteiger partial charge in [0.05, 0.1) is 7.11 Å². The first-order chi connectivity index (χ1) is 9.19. The topological polar surface area (TPSA) is 93.2 Å². The average molecular weight is 278 g/mol. The minimum absolute atomic E-state index is 0.0810. The van der Waals surface area contributed by atoms with E-state index < -0.39 is 12.0 Å². The van der Waals surface area contributed by atoms with Gasteiger partial charge in [-0.25, -0.2) is 9.59 Å². The molecule has 0 atom stereocenters. The van der Waals surface area contributed by atoms with Gasteiger partial charge in [-0.15, -0.1) is 0 Å². The Hall–Kier alpha value is -2.48. The van der Waals surface area contributed by atoms with Gasteiger partial charge in [0.15, 0.2) is 0 Å². The van der Waals surface area contributed by atoms with Crippen molar-refractivity contribution in [3.63, 3.8) is 0 Å². The lowest BCUT2D eigenvalue weighted by molar-refractivity contribution is 0.0588. The first-order valence-corrected chi connectivity index (χ1v) is 6.01. The minimum atomic E-state index is -0.646. The number of aromatic nitrogens is 2. The number of rotatable bonds is 3. The van der Waals surface area contributed by atoms with Crippen molar-refractivity contribution in [2.75, 3.05) is 17.7 Å². The highest BCUT2D eigenvalue weighted by atomic mass is 32.1. The molecule has 7 nitrogen and oxygen atoms in total. The number of urea groups is 1. The Labute approximate surface area is 112 Å². The third-order valence-corrected chi connectivity index (χ3v) is 2.68. The van der Waals surface area contributed by atoms with Crippen LogP contribution in [0.5, 0.6) is 0 Å². The summed E-state index contributed by atoms with van der Waals surface area (Å²) in [5.74, 6) is -0.727. The smallest absolute Gasteiger partial charge is 0.377 e. The maximum atomic E-state index is 11.6. The van der Waals surface area contributed by atoms with E-state index in [9.17, 15) is 9.59 Å². The van der Waals surface area contributed by atoms with Crippen LogP contribution >= 0.6 is 11.5 Å². The molecule has 19 heavy (non-hydrogen) atoms. The Morgan fingerprint density at radius 3 is 2.63 bits per heavy atom. The largest absolute Gasteiger partial charge is 0.463 e. The molecule has 0 saturated carbocycles. The molecule has 2 N–H and O–H groups in total. The predicted octanol–water partition coefficient (Wildman–Crippen LogP) is 1.97. The summed E-state index contributed by atoms with van der Waals surface area (Å²) in [7, 11) is 1.23. The standard InChI is InChI=1S/C11H10N4O3S/c1-18-9(16)8-13-11(19-15-8)14-10(17)12-7-5-3-2-4-6-7/h2-6H,1H3,(H2,12,13,14,15,17). The molecule has 0 saturated heterocycles. The zero-order valence-electron chi connectivity index (χ0n) is 9.91. The Balaban J connectivity index is 1.96. The number of ether oxygens (including phenoxy) is 1. The molecule has 1 heterocycles. The number of hydrogen-bond acceptors (Lipinski definition) is 6. The third kappa shape index (κ3) is 3.49. The van der Waals surface area contributed by atoms with Crippen LogP contribution in [0.15, 0.2) is 30.3 Å². The summed E-state index contributed by atoms with van der Waals surface area (Å²) < 4.78 is 8.23. The molecule has 2 amide bonds. The number of anilines is 2. The molecule has 0 aliphatic heterocycles. The number of hydrogen-bond donors (Lipinski definition) is 2. The molecular weight excluding hydrogens is 268 g/mol. The molecule has 0 bridgehead atoms. The quantitative estimate of drug-likeness (QED) is 0.837. The van der Waals surface area contributed by atoms with E-state index in [-0.39, 0.29) is 11.0 Å². The minimum Gasteiger partial charge on any atom is -0.463 e. The highest BCUT2D eigenvalue weighted by Gasteiger charge is 2.14. The van der Waals surface area contributed by atoms with Crippen molar-refractivity contribution in [3.8, 4) is 0 Å². The van der Waals surface area contributed by atoms with Crippen molar-refractivity contribution in [1.82, 2.24) is 9.36 Å². The molecule has 2 aromatic rings. The summed E-state index contributed by atoms with van der Waals surface area (Å²) in [6.45, 7) is 0. The molecular formula is C11H10N4O3S. The molecule has 0 spiro atoms. The molecule has 1 aromatic heterocycles. The fourth-order valence-corrected chi connectivity index (χ4v) is 1.78. The maximum Gasteiger partial charge on any atom is 0.377 e. The first-order valence-electron chi connectivity index (χ1n) is 5.24. The van der Waals surface area contributed by atoms with Crippen LogP contribution in [0.4, 0.5) is 15.6 Å². The number of para-hydroxylation sites is 1. The molecule has 2 rings (SSSR count). The summed E-state index contributed by atoms with van der Waals surface area (Å²) in [6, 6.07) is 8.49. The predicted molar refractivity (Wildman–Crippen MR) is 70.3 cm³/mol. The number of esters is 1. The third-order valence-electron chi connectivity index (χ3n) is 2.05. The summed E-state index contributed by atoms with van der Waals surface area (Å²) in [6.07, 6.45) is 0. The Morgan fingerprint density at radius 1 is 1.21 bits per heavy atom. The van der Waals surface area contributed by atoms with Crippen LogP contribution in [0.3, 0.4) is 0 Å². The fraction of sp³-hybridized carbons (Fsp3) is 0.0909. The second-order valence-electron chi connectivity index (χ2n) is 3.36. The van der Waals surface area contributed by atoms with E-state index >= 15 is 0 Å². The number of benzene rings is 1. The molecule has 0 fully saturated rings. The van der Waals surface area contributed by atoms with Crippen molar-refractivity contribution >= 4 is 34.4 Å². The van der Waals surface area contributed by atoms with Gasteiger partial charge in [-0.05, 0) is 12.1 Å². The van der Waals surface area contributed by atoms with Crippen LogP contribution < -0.4 is 10.6 Å². The Kier molecular flexibility index (Phi) is 4.04. The molecule has 1 aromatic carbocycles. The highest BCUT2D eigenvalue weighted by Crippen LogP contribution is 2.12. The van der Waals surface area contributed by atoms with Gasteiger partial charge in [0, 0.05) is 17.2 Å². The van der Waals surface area contributed by atoms with E-state index in [0.29, 0.717) is 5.69 Å². The molecule has 8 heteroatoms. The van der Waals surface area contributed by atoms with Gasteiger partial charge in [0.25, 0.3) is 5.82 Å². The number of amides is 2. The van der Waals surface area contributed by atoms with Crippen molar-refractivity contribution in [2.45, 2.75) is 0 Å². The van der Waals surface area contributed by atoms with Gasteiger partial charge in [0.2, 0.25) is 5.13 Å². The molecule has 98 valence electrons. The van der Waals surface area contributed by atoms with Gasteiger partial charge < -0.3 is 10.1 Å². The number of nitrogens with one attached hydrogen (secondary N) is 2. The number of carbonyl (C=O) groups excluding carboxylic acids is 2. The van der Waals surface area contributed by atoms with Crippen molar-refractivity contribution in [3.05, 3.63) is 36.2 Å². The zero-order chi connectivity index (χ0) is 13.7. The molecule has 0 aliphatic rings. The van der Waals surface area contributed by atoms with Crippen molar-refractivity contribution in [1.29, 1.82) is 0 Å². The van der Waals surface area contributed by atoms with E-state index in [2.05, 4.69) is 24.7 Å². The van der Waals surface area contributed by atoms with E-state index in [1.165, 1.54) is 7.11 Å². The van der Waals surface area contributed by atoms with Gasteiger partial charge >= 0.3 is 12.0 Å². The summed E-state index contributed by atoms with van der Waals surface area (Å²) in [5, 5.41) is 5.31. The van der Waals surface area contributed by atoms with Crippen molar-refractivity contribution < 1.29 is 14.3 Å². The maximum absolute atomic E-state index is 11.6. The van der Waals surface area contributed by atoms with Gasteiger partial charge in [-0.3, -0.25) is 5.32 Å². The fourth-order valence-electron chi connectivity index (χ4n) is 1.23. The first kappa shape index (κ1) is 13.0. The Morgan fingerprint density at radius 2 is 1.95 bits per heavy atom. The van der Waals surface area contributed by atoms with Crippen LogP contribution in [0.25, 0.3) is 0 Å². The second-order valence-corrected chi connectivity index (χ2v) is 4.11.